The van der Waals surface area contributed by atoms with Crippen LogP contribution in [-0.4, -0.2) is 42.3 Å². The molecule has 140 valence electrons. The molecule has 5 heteroatoms. The first-order chi connectivity index (χ1) is 11.8. The summed E-state index contributed by atoms with van der Waals surface area (Å²) in [6.07, 6.45) is 8.37. The Morgan fingerprint density at radius 1 is 1.36 bits per heavy atom. The Bertz CT molecular complexity index is 546. The molecule has 0 aromatic rings. The van der Waals surface area contributed by atoms with E-state index in [-0.39, 0.29) is 11.7 Å². The van der Waals surface area contributed by atoms with Gasteiger partial charge >= 0.3 is 5.97 Å². The number of Topliss-reactive ketones (excluding diaryl/α,β-unsaturated/α-hetero) is 1. The lowest BCUT2D eigenvalue weighted by Crippen LogP contribution is -2.33. The summed E-state index contributed by atoms with van der Waals surface area (Å²) in [5, 5.41) is 10.5. The van der Waals surface area contributed by atoms with Crippen molar-refractivity contribution in [3.8, 4) is 0 Å². The van der Waals surface area contributed by atoms with Crippen LogP contribution in [0.2, 0.25) is 0 Å². The van der Waals surface area contributed by atoms with Gasteiger partial charge in [-0.1, -0.05) is 38.2 Å². The second-order valence-corrected chi connectivity index (χ2v) is 6.63. The van der Waals surface area contributed by atoms with Crippen LogP contribution in [0.4, 0.5) is 0 Å². The van der Waals surface area contributed by atoms with E-state index >= 15 is 0 Å². The molecule has 0 bridgehead atoms. The molecule has 0 spiro atoms. The van der Waals surface area contributed by atoms with Crippen molar-refractivity contribution in [3.63, 3.8) is 0 Å². The first-order valence-electron chi connectivity index (χ1n) is 8.71. The van der Waals surface area contributed by atoms with Crippen LogP contribution in [0.15, 0.2) is 36.0 Å². The highest BCUT2D eigenvalue weighted by Crippen LogP contribution is 2.22. The van der Waals surface area contributed by atoms with Crippen molar-refractivity contribution in [3.05, 3.63) is 36.0 Å². The van der Waals surface area contributed by atoms with Gasteiger partial charge < -0.3 is 14.6 Å². The van der Waals surface area contributed by atoms with E-state index in [0.717, 1.165) is 12.0 Å². The topological polar surface area (TPSA) is 72.8 Å². The zero-order valence-electron chi connectivity index (χ0n) is 15.8. The van der Waals surface area contributed by atoms with Crippen LogP contribution in [0.1, 0.15) is 40.5 Å². The van der Waals surface area contributed by atoms with Crippen molar-refractivity contribution in [1.29, 1.82) is 0 Å². The highest BCUT2D eigenvalue weighted by Gasteiger charge is 2.28. The van der Waals surface area contributed by atoms with E-state index in [1.807, 2.05) is 32.1 Å². The molecule has 0 saturated heterocycles. The summed E-state index contributed by atoms with van der Waals surface area (Å²) < 4.78 is 10.9. The van der Waals surface area contributed by atoms with Gasteiger partial charge in [-0.15, -0.1) is 0 Å². The normalized spacial score (nSPS) is 34.8. The molecule has 0 amide bonds. The number of aliphatic hydroxyl groups is 1. The number of ether oxygens (including phenoxy) is 2. The highest BCUT2D eigenvalue weighted by atomic mass is 16.5. The van der Waals surface area contributed by atoms with E-state index in [1.54, 1.807) is 20.1 Å². The van der Waals surface area contributed by atoms with Gasteiger partial charge in [-0.25, -0.2) is 4.79 Å². The van der Waals surface area contributed by atoms with E-state index in [0.29, 0.717) is 6.42 Å². The Labute approximate surface area is 150 Å². The van der Waals surface area contributed by atoms with E-state index in [4.69, 9.17) is 9.47 Å². The summed E-state index contributed by atoms with van der Waals surface area (Å²) in [6, 6.07) is 0. The fourth-order valence-electron chi connectivity index (χ4n) is 2.81. The fraction of sp³-hybridized carbons (Fsp3) is 0.600. The Kier molecular flexibility index (Phi) is 8.79. The van der Waals surface area contributed by atoms with Gasteiger partial charge in [0.05, 0.1) is 12.0 Å². The molecule has 1 unspecified atom stereocenters. The maximum atomic E-state index is 12.0. The first kappa shape index (κ1) is 21.3. The first-order valence-corrected chi connectivity index (χ1v) is 8.71. The van der Waals surface area contributed by atoms with Gasteiger partial charge in [-0.2, -0.15) is 0 Å². The number of hydrogen-bond donors (Lipinski definition) is 1. The summed E-state index contributed by atoms with van der Waals surface area (Å²) in [5.74, 6) is -1.20. The molecular formula is C20H30O5. The third kappa shape index (κ3) is 6.59. The third-order valence-corrected chi connectivity index (χ3v) is 4.54. The number of methoxy groups -OCH3 is 1. The number of carbonyl (C=O) groups excluding carboxylic acids is 2. The predicted molar refractivity (Wildman–Crippen MR) is 97.0 cm³/mol. The molecule has 0 saturated carbocycles. The van der Waals surface area contributed by atoms with Crippen molar-refractivity contribution in [2.24, 2.45) is 11.8 Å². The van der Waals surface area contributed by atoms with Crippen molar-refractivity contribution in [2.45, 2.75) is 58.8 Å². The predicted octanol–water partition coefficient (Wildman–Crippen LogP) is 2.99. The van der Waals surface area contributed by atoms with Gasteiger partial charge in [-0.05, 0) is 32.3 Å². The second-order valence-electron chi connectivity index (χ2n) is 6.63. The minimum Gasteiger partial charge on any atom is -0.454 e. The lowest BCUT2D eigenvalue weighted by Gasteiger charge is -2.26. The van der Waals surface area contributed by atoms with Crippen LogP contribution in [0, 0.1) is 11.8 Å². The van der Waals surface area contributed by atoms with E-state index < -0.39 is 30.2 Å². The minimum atomic E-state index is -0.737. The Morgan fingerprint density at radius 2 is 2.00 bits per heavy atom. The number of esters is 1. The standard InChI is InChI=1S/C20H30O5/c1-13-12-14(2)20(15(3)16(4)21)25-18(22)11-9-7-6-8-10-17(24-5)19(13)23/h8-13,15,17,19-20,23H,6-7H2,1-5H3/b10-8+,11-9+,14-12-/t13-,15-,17+,19+,20?/m1/s1. The van der Waals surface area contributed by atoms with Gasteiger partial charge in [0, 0.05) is 19.1 Å². The lowest BCUT2D eigenvalue weighted by molar-refractivity contribution is -0.145. The van der Waals surface area contributed by atoms with Crippen molar-refractivity contribution >= 4 is 11.8 Å². The van der Waals surface area contributed by atoms with Gasteiger partial charge in [0.25, 0.3) is 0 Å². The van der Waals surface area contributed by atoms with Gasteiger partial charge in [0.2, 0.25) is 0 Å². The number of ketones is 1. The molecule has 1 rings (SSSR count). The Hall–Kier alpha value is -1.72. The van der Waals surface area contributed by atoms with Crippen LogP contribution in [0.5, 0.6) is 0 Å². The zero-order valence-corrected chi connectivity index (χ0v) is 15.8. The fourth-order valence-corrected chi connectivity index (χ4v) is 2.81. The summed E-state index contributed by atoms with van der Waals surface area (Å²) in [5.41, 5.74) is 0.742. The Morgan fingerprint density at radius 3 is 2.60 bits per heavy atom. The molecule has 1 heterocycles. The average molecular weight is 350 g/mol. The van der Waals surface area contributed by atoms with Gasteiger partial charge in [0.1, 0.15) is 18.0 Å². The molecule has 1 aliphatic rings. The summed E-state index contributed by atoms with van der Waals surface area (Å²) >= 11 is 0. The number of hydrogen-bond acceptors (Lipinski definition) is 5. The average Bonchev–Trinajstić information content (AvgIpc) is 2.56. The smallest absolute Gasteiger partial charge is 0.331 e. The largest absolute Gasteiger partial charge is 0.454 e. The van der Waals surface area contributed by atoms with E-state index in [9.17, 15) is 14.7 Å². The van der Waals surface area contributed by atoms with Crippen LogP contribution in [0.3, 0.4) is 0 Å². The molecule has 1 N–H and O–H groups in total. The maximum Gasteiger partial charge on any atom is 0.331 e. The molecule has 5 nitrogen and oxygen atoms in total. The molecule has 1 aliphatic heterocycles. The van der Waals surface area contributed by atoms with Crippen molar-refractivity contribution in [2.75, 3.05) is 7.11 Å². The molecule has 0 aromatic heterocycles. The van der Waals surface area contributed by atoms with Crippen LogP contribution >= 0.6 is 0 Å². The van der Waals surface area contributed by atoms with E-state index in [1.165, 1.54) is 13.0 Å². The van der Waals surface area contributed by atoms with Crippen LogP contribution in [0.25, 0.3) is 0 Å². The van der Waals surface area contributed by atoms with E-state index in [2.05, 4.69) is 0 Å². The Balaban J connectivity index is 3.19. The van der Waals surface area contributed by atoms with Crippen molar-refractivity contribution < 1.29 is 24.2 Å². The second kappa shape index (κ2) is 10.3. The number of allylic oxidation sites excluding steroid dienone is 2. The molecule has 5 atom stereocenters. The lowest BCUT2D eigenvalue weighted by atomic mass is 9.90. The molecular weight excluding hydrogens is 320 g/mol. The summed E-state index contributed by atoms with van der Waals surface area (Å²) in [7, 11) is 1.56. The quantitative estimate of drug-likeness (QED) is 0.626. The molecule has 0 fully saturated rings. The minimum absolute atomic E-state index is 0.0541. The van der Waals surface area contributed by atoms with Gasteiger partial charge in [-0.3, -0.25) is 4.79 Å². The monoisotopic (exact) mass is 350 g/mol. The SMILES string of the molecule is CO[C@H]1/C=C/CC/C=C/C(=O)OC([C@H](C)C(C)=O)/C(C)=C\[C@@H](C)[C@@H]1O. The summed E-state index contributed by atoms with van der Waals surface area (Å²) in [4.78, 5) is 23.8. The zero-order chi connectivity index (χ0) is 19.0. The number of cyclic esters (lactones) is 1. The number of carbonyl (C=O) groups is 2. The molecule has 0 aliphatic carbocycles. The maximum absolute atomic E-state index is 12.0. The van der Waals surface area contributed by atoms with Crippen LogP contribution in [-0.2, 0) is 19.1 Å². The third-order valence-electron chi connectivity index (χ3n) is 4.54. The molecule has 0 aromatic carbocycles. The van der Waals surface area contributed by atoms with Crippen molar-refractivity contribution in [1.82, 2.24) is 0 Å². The molecule has 0 radical (unpaired) electrons. The number of rotatable bonds is 3. The highest BCUT2D eigenvalue weighted by molar-refractivity contribution is 5.83. The van der Waals surface area contributed by atoms with Crippen LogP contribution < -0.4 is 0 Å². The molecule has 25 heavy (non-hydrogen) atoms. The van der Waals surface area contributed by atoms with Gasteiger partial charge in [0.15, 0.2) is 0 Å². The number of aliphatic hydroxyl groups excluding tert-OH is 1. The summed E-state index contributed by atoms with van der Waals surface area (Å²) in [6.45, 7) is 6.91.